The zero-order chi connectivity index (χ0) is 14.7. The zero-order valence-corrected chi connectivity index (χ0v) is 12.9. The van der Waals surface area contributed by atoms with Gasteiger partial charge in [-0.15, -0.1) is 0 Å². The number of nitrogens with one attached hydrogen (secondary N) is 1. The maximum Gasteiger partial charge on any atom is 0.247 e. The van der Waals surface area contributed by atoms with Gasteiger partial charge in [0.1, 0.15) is 11.9 Å². The second-order valence-corrected chi connectivity index (χ2v) is 5.50. The van der Waals surface area contributed by atoms with Crippen LogP contribution in [0.15, 0.2) is 40.9 Å². The summed E-state index contributed by atoms with van der Waals surface area (Å²) in [6, 6.07) is 10.5. The number of halogens is 1. The van der Waals surface area contributed by atoms with Crippen LogP contribution >= 0.6 is 15.9 Å². The van der Waals surface area contributed by atoms with Crippen molar-refractivity contribution in [1.29, 1.82) is 0 Å². The lowest BCUT2D eigenvalue weighted by atomic mass is 10.1. The van der Waals surface area contributed by atoms with Crippen LogP contribution in [-0.4, -0.2) is 10.9 Å². The summed E-state index contributed by atoms with van der Waals surface area (Å²) in [5, 5.41) is 2.73. The van der Waals surface area contributed by atoms with Gasteiger partial charge in [-0.2, -0.15) is 0 Å². The molecule has 104 valence electrons. The lowest BCUT2D eigenvalue weighted by Crippen LogP contribution is -2.28. The Kier molecular flexibility index (Phi) is 4.52. The molecule has 0 aliphatic carbocycles. The van der Waals surface area contributed by atoms with E-state index < -0.39 is 6.04 Å². The molecule has 1 heterocycles. The van der Waals surface area contributed by atoms with Crippen LogP contribution in [0.4, 0.5) is 5.82 Å². The first kappa shape index (κ1) is 14.7. The molecule has 0 radical (unpaired) electrons. The SMILES string of the molecule is Cc1ccc(C(N)C(=O)Nc2ccc(Br)c(C)n2)cc1. The smallest absolute Gasteiger partial charge is 0.247 e. The van der Waals surface area contributed by atoms with E-state index in [1.54, 1.807) is 6.07 Å². The molecule has 0 fully saturated rings. The topological polar surface area (TPSA) is 68.0 Å². The maximum atomic E-state index is 12.1. The molecule has 1 unspecified atom stereocenters. The van der Waals surface area contributed by atoms with Crippen molar-refractivity contribution in [3.63, 3.8) is 0 Å². The van der Waals surface area contributed by atoms with Crippen LogP contribution in [-0.2, 0) is 4.79 Å². The van der Waals surface area contributed by atoms with Gasteiger partial charge < -0.3 is 11.1 Å². The Morgan fingerprint density at radius 1 is 1.20 bits per heavy atom. The lowest BCUT2D eigenvalue weighted by Gasteiger charge is -2.13. The summed E-state index contributed by atoms with van der Waals surface area (Å²) in [4.78, 5) is 16.4. The van der Waals surface area contributed by atoms with Gasteiger partial charge in [0, 0.05) is 4.47 Å². The Bertz CT molecular complexity index is 626. The molecule has 0 saturated carbocycles. The first-order valence-electron chi connectivity index (χ1n) is 6.23. The van der Waals surface area contributed by atoms with E-state index in [1.807, 2.05) is 44.2 Å². The van der Waals surface area contributed by atoms with Gasteiger partial charge >= 0.3 is 0 Å². The average molecular weight is 334 g/mol. The summed E-state index contributed by atoms with van der Waals surface area (Å²) < 4.78 is 0.901. The number of benzene rings is 1. The average Bonchev–Trinajstić information content (AvgIpc) is 2.43. The van der Waals surface area contributed by atoms with Crippen LogP contribution in [0.1, 0.15) is 22.9 Å². The highest BCUT2D eigenvalue weighted by Gasteiger charge is 2.16. The van der Waals surface area contributed by atoms with Crippen LogP contribution in [0.25, 0.3) is 0 Å². The van der Waals surface area contributed by atoms with Gasteiger partial charge in [0.15, 0.2) is 0 Å². The highest BCUT2D eigenvalue weighted by molar-refractivity contribution is 9.10. The second kappa shape index (κ2) is 6.15. The molecule has 1 amide bonds. The first-order chi connectivity index (χ1) is 9.47. The third kappa shape index (κ3) is 3.43. The van der Waals surface area contributed by atoms with E-state index in [4.69, 9.17) is 5.73 Å². The Morgan fingerprint density at radius 3 is 2.45 bits per heavy atom. The lowest BCUT2D eigenvalue weighted by molar-refractivity contribution is -0.117. The molecule has 3 N–H and O–H groups in total. The minimum Gasteiger partial charge on any atom is -0.316 e. The van der Waals surface area contributed by atoms with Gasteiger partial charge in [-0.3, -0.25) is 4.79 Å². The monoisotopic (exact) mass is 333 g/mol. The van der Waals surface area contributed by atoms with Gasteiger partial charge in [-0.05, 0) is 47.5 Å². The van der Waals surface area contributed by atoms with Gasteiger partial charge in [0.2, 0.25) is 5.91 Å². The minimum absolute atomic E-state index is 0.275. The molecule has 0 bridgehead atoms. The fourth-order valence-corrected chi connectivity index (χ4v) is 1.96. The summed E-state index contributed by atoms with van der Waals surface area (Å²) in [6.07, 6.45) is 0. The van der Waals surface area contributed by atoms with E-state index in [9.17, 15) is 4.79 Å². The highest BCUT2D eigenvalue weighted by Crippen LogP contribution is 2.18. The zero-order valence-electron chi connectivity index (χ0n) is 11.4. The number of hydrogen-bond acceptors (Lipinski definition) is 3. The van der Waals surface area contributed by atoms with Crippen molar-refractivity contribution in [2.75, 3.05) is 5.32 Å². The van der Waals surface area contributed by atoms with Crippen molar-refractivity contribution in [1.82, 2.24) is 4.98 Å². The predicted molar refractivity (Wildman–Crippen MR) is 83.4 cm³/mol. The number of amides is 1. The molecule has 0 saturated heterocycles. The summed E-state index contributed by atoms with van der Waals surface area (Å²) in [7, 11) is 0. The normalized spacial score (nSPS) is 12.0. The number of pyridine rings is 1. The molecule has 2 rings (SSSR count). The fourth-order valence-electron chi connectivity index (χ4n) is 1.74. The number of aromatic nitrogens is 1. The first-order valence-corrected chi connectivity index (χ1v) is 7.03. The van der Waals surface area contributed by atoms with E-state index >= 15 is 0 Å². The summed E-state index contributed by atoms with van der Waals surface area (Å²) in [5.41, 5.74) is 8.68. The fraction of sp³-hybridized carbons (Fsp3) is 0.200. The molecule has 20 heavy (non-hydrogen) atoms. The number of carbonyl (C=O) groups is 1. The molecule has 1 aromatic heterocycles. The third-order valence-electron chi connectivity index (χ3n) is 2.99. The van der Waals surface area contributed by atoms with Crippen molar-refractivity contribution in [3.8, 4) is 0 Å². The van der Waals surface area contributed by atoms with E-state index in [0.29, 0.717) is 5.82 Å². The number of rotatable bonds is 3. The molecule has 0 spiro atoms. The highest BCUT2D eigenvalue weighted by atomic mass is 79.9. The quantitative estimate of drug-likeness (QED) is 0.906. The van der Waals surface area contributed by atoms with Crippen molar-refractivity contribution in [3.05, 3.63) is 57.7 Å². The summed E-state index contributed by atoms with van der Waals surface area (Å²) in [5.74, 6) is 0.223. The van der Waals surface area contributed by atoms with Crippen LogP contribution in [0.2, 0.25) is 0 Å². The molecule has 0 aliphatic heterocycles. The maximum absolute atomic E-state index is 12.1. The molecule has 1 aromatic carbocycles. The summed E-state index contributed by atoms with van der Waals surface area (Å²) >= 11 is 3.37. The largest absolute Gasteiger partial charge is 0.316 e. The van der Waals surface area contributed by atoms with Crippen molar-refractivity contribution >= 4 is 27.7 Å². The number of carbonyl (C=O) groups excluding carboxylic acids is 1. The summed E-state index contributed by atoms with van der Waals surface area (Å²) in [6.45, 7) is 3.85. The predicted octanol–water partition coefficient (Wildman–Crippen LogP) is 3.10. The Hall–Kier alpha value is -1.72. The third-order valence-corrected chi connectivity index (χ3v) is 3.83. The van der Waals surface area contributed by atoms with E-state index in [-0.39, 0.29) is 5.91 Å². The molecular weight excluding hydrogens is 318 g/mol. The van der Waals surface area contributed by atoms with Gasteiger partial charge in [-0.1, -0.05) is 29.8 Å². The number of hydrogen-bond donors (Lipinski definition) is 2. The molecule has 1 atom stereocenters. The number of aryl methyl sites for hydroxylation is 2. The van der Waals surface area contributed by atoms with Crippen molar-refractivity contribution < 1.29 is 4.79 Å². The number of anilines is 1. The second-order valence-electron chi connectivity index (χ2n) is 4.64. The van der Waals surface area contributed by atoms with Crippen molar-refractivity contribution in [2.24, 2.45) is 5.73 Å². The molecule has 2 aromatic rings. The van der Waals surface area contributed by atoms with E-state index in [0.717, 1.165) is 21.3 Å². The standard InChI is InChI=1S/C15H16BrN3O/c1-9-3-5-11(6-4-9)14(17)15(20)19-13-8-7-12(16)10(2)18-13/h3-8,14H,17H2,1-2H3,(H,18,19,20). The van der Waals surface area contributed by atoms with Crippen LogP contribution in [0.3, 0.4) is 0 Å². The Labute approximate surface area is 126 Å². The van der Waals surface area contributed by atoms with E-state index in [2.05, 4.69) is 26.2 Å². The minimum atomic E-state index is -0.707. The molecular formula is C15H16BrN3O. The Balaban J connectivity index is 2.11. The Morgan fingerprint density at radius 2 is 1.85 bits per heavy atom. The van der Waals surface area contributed by atoms with Crippen LogP contribution in [0, 0.1) is 13.8 Å². The number of nitrogens with zero attached hydrogens (tertiary/aromatic N) is 1. The van der Waals surface area contributed by atoms with Gasteiger partial charge in [-0.25, -0.2) is 4.98 Å². The molecule has 0 aliphatic rings. The van der Waals surface area contributed by atoms with Crippen LogP contribution in [0.5, 0.6) is 0 Å². The van der Waals surface area contributed by atoms with Crippen molar-refractivity contribution in [2.45, 2.75) is 19.9 Å². The number of nitrogens with two attached hydrogens (primary N) is 1. The van der Waals surface area contributed by atoms with Gasteiger partial charge in [0.25, 0.3) is 0 Å². The molecule has 5 heteroatoms. The van der Waals surface area contributed by atoms with E-state index in [1.165, 1.54) is 0 Å². The van der Waals surface area contributed by atoms with Crippen LogP contribution < -0.4 is 11.1 Å². The molecule has 4 nitrogen and oxygen atoms in total. The van der Waals surface area contributed by atoms with Gasteiger partial charge in [0.05, 0.1) is 5.69 Å².